The minimum atomic E-state index is -4.39. The van der Waals surface area contributed by atoms with Crippen LogP contribution < -0.4 is 5.32 Å². The molecule has 1 N–H and O–H groups in total. The lowest BCUT2D eigenvalue weighted by atomic mass is 9.96. The Balaban J connectivity index is 2.16. The van der Waals surface area contributed by atoms with Gasteiger partial charge in [-0.1, -0.05) is 0 Å². The molecule has 0 unspecified atom stereocenters. The minimum Gasteiger partial charge on any atom is -0.318 e. The van der Waals surface area contributed by atoms with Gasteiger partial charge in [0.1, 0.15) is 0 Å². The first-order chi connectivity index (χ1) is 8.82. The van der Waals surface area contributed by atoms with E-state index in [-0.39, 0.29) is 0 Å². The smallest absolute Gasteiger partial charge is 0.318 e. The zero-order valence-electron chi connectivity index (χ0n) is 11.1. The van der Waals surface area contributed by atoms with Gasteiger partial charge < -0.3 is 9.88 Å². The van der Waals surface area contributed by atoms with Crippen LogP contribution in [0.1, 0.15) is 43.9 Å². The average molecular weight is 273 g/mol. The molecular formula is C13H18F3N3. The zero-order valence-corrected chi connectivity index (χ0v) is 11.1. The summed E-state index contributed by atoms with van der Waals surface area (Å²) >= 11 is 0. The van der Waals surface area contributed by atoms with Gasteiger partial charge in [0.15, 0.2) is 0 Å². The lowest BCUT2D eigenvalue weighted by molar-refractivity contribution is -0.149. The number of rotatable bonds is 2. The van der Waals surface area contributed by atoms with Crippen LogP contribution in [0.3, 0.4) is 0 Å². The van der Waals surface area contributed by atoms with E-state index >= 15 is 0 Å². The Hall–Kier alpha value is -1.04. The second-order valence-electron chi connectivity index (χ2n) is 6.02. The molecule has 0 amide bonds. The van der Waals surface area contributed by atoms with Gasteiger partial charge in [-0.2, -0.15) is 13.2 Å². The largest absolute Gasteiger partial charge is 0.449 e. The van der Waals surface area contributed by atoms with E-state index in [4.69, 9.17) is 0 Å². The van der Waals surface area contributed by atoms with E-state index in [1.807, 2.05) is 13.8 Å². The van der Waals surface area contributed by atoms with E-state index in [9.17, 15) is 13.2 Å². The third kappa shape index (κ3) is 2.06. The van der Waals surface area contributed by atoms with Gasteiger partial charge in [-0.15, -0.1) is 0 Å². The predicted molar refractivity (Wildman–Crippen MR) is 64.7 cm³/mol. The van der Waals surface area contributed by atoms with Crippen LogP contribution in [0.2, 0.25) is 0 Å². The standard InChI is InChI=1S/C13H18F3N3/c1-12(2,8-3-4-8)19-10-5-6-17-7-9(10)18-11(19)13(14,15)16/h8,17H,3-7H2,1-2H3. The lowest BCUT2D eigenvalue weighted by Gasteiger charge is -2.32. The highest BCUT2D eigenvalue weighted by atomic mass is 19.4. The van der Waals surface area contributed by atoms with Gasteiger partial charge in [-0.3, -0.25) is 0 Å². The molecule has 106 valence electrons. The topological polar surface area (TPSA) is 29.9 Å². The van der Waals surface area contributed by atoms with Crippen molar-refractivity contribution in [3.63, 3.8) is 0 Å². The summed E-state index contributed by atoms with van der Waals surface area (Å²) in [6.07, 6.45) is -1.75. The number of nitrogens with one attached hydrogen (secondary N) is 1. The maximum Gasteiger partial charge on any atom is 0.449 e. The molecular weight excluding hydrogens is 255 g/mol. The first kappa shape index (κ1) is 13.0. The van der Waals surface area contributed by atoms with Crippen molar-refractivity contribution in [1.82, 2.24) is 14.9 Å². The van der Waals surface area contributed by atoms with Crippen LogP contribution in [-0.4, -0.2) is 16.1 Å². The van der Waals surface area contributed by atoms with E-state index in [1.54, 1.807) is 0 Å². The Kier molecular flexibility index (Phi) is 2.71. The van der Waals surface area contributed by atoms with E-state index in [1.165, 1.54) is 4.57 Å². The summed E-state index contributed by atoms with van der Waals surface area (Å²) in [7, 11) is 0. The van der Waals surface area contributed by atoms with Crippen LogP contribution >= 0.6 is 0 Å². The Bertz CT molecular complexity index is 498. The normalized spacial score (nSPS) is 20.5. The monoisotopic (exact) mass is 273 g/mol. The molecule has 0 saturated heterocycles. The molecule has 0 atom stereocenters. The molecule has 3 nitrogen and oxygen atoms in total. The van der Waals surface area contributed by atoms with Gasteiger partial charge in [-0.05, 0) is 32.6 Å². The molecule has 1 fully saturated rings. The number of fused-ring (bicyclic) bond motifs is 1. The fourth-order valence-electron chi connectivity index (χ4n) is 3.09. The number of hydrogen-bond acceptors (Lipinski definition) is 2. The number of imidazole rings is 1. The van der Waals surface area contributed by atoms with E-state index in [0.717, 1.165) is 25.1 Å². The summed E-state index contributed by atoms with van der Waals surface area (Å²) in [5.74, 6) is -0.389. The van der Waals surface area contributed by atoms with Crippen molar-refractivity contribution in [3.05, 3.63) is 17.2 Å². The Morgan fingerprint density at radius 1 is 1.26 bits per heavy atom. The van der Waals surface area contributed by atoms with Crippen LogP contribution in [-0.2, 0) is 24.7 Å². The van der Waals surface area contributed by atoms with Gasteiger partial charge in [-0.25, -0.2) is 4.98 Å². The van der Waals surface area contributed by atoms with Gasteiger partial charge in [0.2, 0.25) is 5.82 Å². The molecule has 3 rings (SSSR count). The van der Waals surface area contributed by atoms with E-state index in [2.05, 4.69) is 10.3 Å². The molecule has 1 aliphatic carbocycles. The van der Waals surface area contributed by atoms with Crippen molar-refractivity contribution in [1.29, 1.82) is 0 Å². The van der Waals surface area contributed by atoms with Gasteiger partial charge in [0.25, 0.3) is 0 Å². The lowest BCUT2D eigenvalue weighted by Crippen LogP contribution is -2.36. The van der Waals surface area contributed by atoms with Gasteiger partial charge in [0.05, 0.1) is 5.69 Å². The SMILES string of the molecule is CC(C)(C1CC1)n1c(C(F)(F)F)nc2c1CCNC2. The fraction of sp³-hybridized carbons (Fsp3) is 0.769. The summed E-state index contributed by atoms with van der Waals surface area (Å²) in [5.41, 5.74) is 0.832. The summed E-state index contributed by atoms with van der Waals surface area (Å²) in [5, 5.41) is 3.09. The minimum absolute atomic E-state index is 0.335. The fourth-order valence-corrected chi connectivity index (χ4v) is 3.09. The summed E-state index contributed by atoms with van der Waals surface area (Å²) in [4.78, 5) is 3.87. The number of aromatic nitrogens is 2. The molecule has 6 heteroatoms. The van der Waals surface area contributed by atoms with Gasteiger partial charge >= 0.3 is 6.18 Å². The summed E-state index contributed by atoms with van der Waals surface area (Å²) < 4.78 is 41.2. The number of alkyl halides is 3. The average Bonchev–Trinajstić information content (AvgIpc) is 3.08. The number of hydrogen-bond donors (Lipinski definition) is 1. The molecule has 0 aromatic carbocycles. The highest BCUT2D eigenvalue weighted by Gasteiger charge is 2.47. The molecule has 1 aliphatic heterocycles. The molecule has 2 aliphatic rings. The molecule has 0 bridgehead atoms. The second kappa shape index (κ2) is 3.98. The van der Waals surface area contributed by atoms with E-state index < -0.39 is 17.5 Å². The Labute approximate surface area is 110 Å². The first-order valence-electron chi connectivity index (χ1n) is 6.70. The molecule has 0 spiro atoms. The van der Waals surface area contributed by atoms with E-state index in [0.29, 0.717) is 24.6 Å². The third-order valence-corrected chi connectivity index (χ3v) is 4.29. The first-order valence-corrected chi connectivity index (χ1v) is 6.70. The molecule has 19 heavy (non-hydrogen) atoms. The maximum atomic E-state index is 13.2. The molecule has 1 aromatic heterocycles. The summed E-state index contributed by atoms with van der Waals surface area (Å²) in [6, 6.07) is 0. The third-order valence-electron chi connectivity index (χ3n) is 4.29. The van der Waals surface area contributed by atoms with Crippen molar-refractivity contribution in [2.75, 3.05) is 6.54 Å². The Morgan fingerprint density at radius 2 is 1.95 bits per heavy atom. The number of halogens is 3. The summed E-state index contributed by atoms with van der Waals surface area (Å²) in [6.45, 7) is 4.97. The van der Waals surface area contributed by atoms with Crippen molar-refractivity contribution in [2.24, 2.45) is 5.92 Å². The Morgan fingerprint density at radius 3 is 2.53 bits per heavy atom. The zero-order chi connectivity index (χ0) is 13.8. The van der Waals surface area contributed by atoms with Gasteiger partial charge in [0, 0.05) is 30.7 Å². The maximum absolute atomic E-state index is 13.2. The predicted octanol–water partition coefficient (Wildman–Crippen LogP) is 2.69. The van der Waals surface area contributed by atoms with Crippen molar-refractivity contribution in [3.8, 4) is 0 Å². The molecule has 1 aromatic rings. The van der Waals surface area contributed by atoms with Crippen molar-refractivity contribution >= 4 is 0 Å². The van der Waals surface area contributed by atoms with Crippen LogP contribution in [0.4, 0.5) is 13.2 Å². The highest BCUT2D eigenvalue weighted by molar-refractivity contribution is 5.24. The second-order valence-corrected chi connectivity index (χ2v) is 6.02. The van der Waals surface area contributed by atoms with Crippen molar-refractivity contribution in [2.45, 2.75) is 51.4 Å². The quantitative estimate of drug-likeness (QED) is 0.898. The highest BCUT2D eigenvalue weighted by Crippen LogP contribution is 2.47. The molecule has 1 saturated carbocycles. The van der Waals surface area contributed by atoms with Crippen LogP contribution in [0.25, 0.3) is 0 Å². The molecule has 0 radical (unpaired) electrons. The van der Waals surface area contributed by atoms with Crippen LogP contribution in [0.15, 0.2) is 0 Å². The van der Waals surface area contributed by atoms with Crippen LogP contribution in [0.5, 0.6) is 0 Å². The van der Waals surface area contributed by atoms with Crippen molar-refractivity contribution < 1.29 is 13.2 Å². The molecule has 2 heterocycles. The van der Waals surface area contributed by atoms with Crippen LogP contribution in [0, 0.1) is 5.92 Å². The number of nitrogens with zero attached hydrogens (tertiary/aromatic N) is 2.